The lowest BCUT2D eigenvalue weighted by molar-refractivity contribution is -0.144. The van der Waals surface area contributed by atoms with Gasteiger partial charge in [0.2, 0.25) is 10.0 Å². The standard InChI is InChI=1S/C16H19NO6S/c18-15(11-23-16(19)13-1-2-13)12-3-5-14(6-4-12)24(20,21)17-7-9-22-10-8-17/h3-6,13H,1-2,7-11H2. The first kappa shape index (κ1) is 17.1. The van der Waals surface area contributed by atoms with Gasteiger partial charge < -0.3 is 9.47 Å². The molecular weight excluding hydrogens is 334 g/mol. The van der Waals surface area contributed by atoms with E-state index in [-0.39, 0.29) is 29.2 Å². The Bertz CT molecular complexity index is 717. The van der Waals surface area contributed by atoms with Crippen LogP contribution < -0.4 is 0 Å². The summed E-state index contributed by atoms with van der Waals surface area (Å²) in [5.41, 5.74) is 0.319. The highest BCUT2D eigenvalue weighted by atomic mass is 32.2. The van der Waals surface area contributed by atoms with Crippen LogP contribution >= 0.6 is 0 Å². The second kappa shape index (κ2) is 7.00. The van der Waals surface area contributed by atoms with E-state index in [1.165, 1.54) is 28.6 Å². The van der Waals surface area contributed by atoms with E-state index in [2.05, 4.69) is 0 Å². The molecule has 2 aliphatic rings. The van der Waals surface area contributed by atoms with Gasteiger partial charge in [-0.3, -0.25) is 9.59 Å². The third-order valence-corrected chi connectivity index (χ3v) is 5.95. The van der Waals surface area contributed by atoms with Gasteiger partial charge in [-0.1, -0.05) is 0 Å². The van der Waals surface area contributed by atoms with Crippen molar-refractivity contribution in [3.05, 3.63) is 29.8 Å². The van der Waals surface area contributed by atoms with Crippen LogP contribution in [0.2, 0.25) is 0 Å². The summed E-state index contributed by atoms with van der Waals surface area (Å²) in [5.74, 6) is -0.743. The zero-order valence-electron chi connectivity index (χ0n) is 13.1. The van der Waals surface area contributed by atoms with Gasteiger partial charge in [0.1, 0.15) is 0 Å². The van der Waals surface area contributed by atoms with Crippen LogP contribution in [0.1, 0.15) is 23.2 Å². The molecule has 0 N–H and O–H groups in total. The minimum atomic E-state index is -3.58. The molecule has 0 amide bonds. The van der Waals surface area contributed by atoms with Crippen LogP contribution in [0, 0.1) is 5.92 Å². The summed E-state index contributed by atoms with van der Waals surface area (Å²) in [6.45, 7) is 1.08. The van der Waals surface area contributed by atoms with E-state index in [0.29, 0.717) is 31.9 Å². The molecule has 130 valence electrons. The van der Waals surface area contributed by atoms with Crippen LogP contribution in [-0.4, -0.2) is 57.4 Å². The first-order chi connectivity index (χ1) is 11.5. The van der Waals surface area contributed by atoms with E-state index in [4.69, 9.17) is 9.47 Å². The van der Waals surface area contributed by atoms with Crippen LogP contribution in [-0.2, 0) is 24.3 Å². The van der Waals surface area contributed by atoms with E-state index in [1.807, 2.05) is 0 Å². The van der Waals surface area contributed by atoms with E-state index >= 15 is 0 Å². The summed E-state index contributed by atoms with van der Waals surface area (Å²) in [7, 11) is -3.58. The highest BCUT2D eigenvalue weighted by Crippen LogP contribution is 2.30. The van der Waals surface area contributed by atoms with Crippen LogP contribution in [0.5, 0.6) is 0 Å². The molecule has 0 spiro atoms. The summed E-state index contributed by atoms with van der Waals surface area (Å²) >= 11 is 0. The normalized spacial score (nSPS) is 19.0. The fraction of sp³-hybridized carbons (Fsp3) is 0.500. The first-order valence-corrected chi connectivity index (χ1v) is 9.30. The maximum Gasteiger partial charge on any atom is 0.309 e. The molecule has 1 aromatic carbocycles. The molecule has 1 aliphatic carbocycles. The van der Waals surface area contributed by atoms with Crippen molar-refractivity contribution in [3.8, 4) is 0 Å². The van der Waals surface area contributed by atoms with Crippen molar-refractivity contribution >= 4 is 21.8 Å². The Hall–Kier alpha value is -1.77. The number of carbonyl (C=O) groups excluding carboxylic acids is 2. The predicted molar refractivity (Wildman–Crippen MR) is 84.0 cm³/mol. The average molecular weight is 353 g/mol. The van der Waals surface area contributed by atoms with E-state index in [0.717, 1.165) is 12.8 Å². The lowest BCUT2D eigenvalue weighted by Crippen LogP contribution is -2.40. The van der Waals surface area contributed by atoms with Crippen molar-refractivity contribution in [1.82, 2.24) is 4.31 Å². The fourth-order valence-corrected chi connectivity index (χ4v) is 3.81. The second-order valence-electron chi connectivity index (χ2n) is 5.85. The highest BCUT2D eigenvalue weighted by Gasteiger charge is 2.31. The molecule has 24 heavy (non-hydrogen) atoms. The van der Waals surface area contributed by atoms with Crippen molar-refractivity contribution in [2.24, 2.45) is 5.92 Å². The minimum absolute atomic E-state index is 0.0566. The molecular formula is C16H19NO6S. The van der Waals surface area contributed by atoms with Gasteiger partial charge in [0.05, 0.1) is 24.0 Å². The van der Waals surface area contributed by atoms with Crippen molar-refractivity contribution in [2.75, 3.05) is 32.9 Å². The molecule has 0 radical (unpaired) electrons. The fourth-order valence-electron chi connectivity index (χ4n) is 2.41. The zero-order valence-corrected chi connectivity index (χ0v) is 14.0. The molecule has 2 fully saturated rings. The molecule has 8 heteroatoms. The van der Waals surface area contributed by atoms with Crippen LogP contribution in [0.25, 0.3) is 0 Å². The molecule has 1 aliphatic heterocycles. The molecule has 0 aromatic heterocycles. The third kappa shape index (κ3) is 3.82. The number of ether oxygens (including phenoxy) is 2. The molecule has 1 saturated heterocycles. The lowest BCUT2D eigenvalue weighted by Gasteiger charge is -2.26. The quantitative estimate of drug-likeness (QED) is 0.556. The van der Waals surface area contributed by atoms with Gasteiger partial charge in [-0.25, -0.2) is 8.42 Å². The average Bonchev–Trinajstić information content (AvgIpc) is 3.45. The van der Waals surface area contributed by atoms with Gasteiger partial charge in [0.15, 0.2) is 12.4 Å². The first-order valence-electron chi connectivity index (χ1n) is 7.86. The van der Waals surface area contributed by atoms with E-state index in [9.17, 15) is 18.0 Å². The van der Waals surface area contributed by atoms with Gasteiger partial charge >= 0.3 is 5.97 Å². The Morgan fingerprint density at radius 1 is 1.12 bits per heavy atom. The summed E-state index contributed by atoms with van der Waals surface area (Å²) < 4.78 is 36.4. The molecule has 7 nitrogen and oxygen atoms in total. The Morgan fingerprint density at radius 3 is 2.33 bits per heavy atom. The lowest BCUT2D eigenvalue weighted by atomic mass is 10.1. The van der Waals surface area contributed by atoms with E-state index in [1.54, 1.807) is 0 Å². The topological polar surface area (TPSA) is 90.0 Å². The highest BCUT2D eigenvalue weighted by molar-refractivity contribution is 7.89. The molecule has 0 unspecified atom stereocenters. The van der Waals surface area contributed by atoms with Crippen molar-refractivity contribution in [2.45, 2.75) is 17.7 Å². The maximum absolute atomic E-state index is 12.5. The van der Waals surface area contributed by atoms with E-state index < -0.39 is 10.0 Å². The zero-order chi connectivity index (χ0) is 17.2. The molecule has 0 atom stereocenters. The number of rotatable bonds is 6. The Kier molecular flexibility index (Phi) is 4.98. The second-order valence-corrected chi connectivity index (χ2v) is 7.78. The number of benzene rings is 1. The van der Waals surface area contributed by atoms with Crippen molar-refractivity contribution in [1.29, 1.82) is 0 Å². The van der Waals surface area contributed by atoms with Gasteiger partial charge in [-0.15, -0.1) is 0 Å². The molecule has 1 saturated carbocycles. The van der Waals surface area contributed by atoms with Gasteiger partial charge in [-0.2, -0.15) is 4.31 Å². The molecule has 1 heterocycles. The summed E-state index contributed by atoms with van der Waals surface area (Å²) in [4.78, 5) is 23.6. The Labute approximate surface area is 140 Å². The number of carbonyl (C=O) groups is 2. The molecule has 3 rings (SSSR count). The number of sulfonamides is 1. The largest absolute Gasteiger partial charge is 0.457 e. The van der Waals surface area contributed by atoms with Gasteiger partial charge in [0.25, 0.3) is 0 Å². The van der Waals surface area contributed by atoms with Crippen LogP contribution in [0.3, 0.4) is 0 Å². The Morgan fingerprint density at radius 2 is 1.75 bits per heavy atom. The SMILES string of the molecule is O=C(COC(=O)C1CC1)c1ccc(S(=O)(=O)N2CCOCC2)cc1. The van der Waals surface area contributed by atoms with Gasteiger partial charge in [-0.05, 0) is 37.1 Å². The number of hydrogen-bond acceptors (Lipinski definition) is 6. The third-order valence-electron chi connectivity index (χ3n) is 4.04. The smallest absolute Gasteiger partial charge is 0.309 e. The van der Waals surface area contributed by atoms with Crippen molar-refractivity contribution < 1.29 is 27.5 Å². The minimum Gasteiger partial charge on any atom is -0.457 e. The summed E-state index contributed by atoms with van der Waals surface area (Å²) in [6, 6.07) is 5.70. The van der Waals surface area contributed by atoms with Crippen LogP contribution in [0.15, 0.2) is 29.2 Å². The molecule has 0 bridgehead atoms. The monoisotopic (exact) mass is 353 g/mol. The number of esters is 1. The van der Waals surface area contributed by atoms with Crippen LogP contribution in [0.4, 0.5) is 0 Å². The predicted octanol–water partition coefficient (Wildman–Crippen LogP) is 0.843. The number of nitrogens with zero attached hydrogens (tertiary/aromatic N) is 1. The molecule has 1 aromatic rings. The van der Waals surface area contributed by atoms with Crippen molar-refractivity contribution in [3.63, 3.8) is 0 Å². The maximum atomic E-state index is 12.5. The summed E-state index contributed by atoms with van der Waals surface area (Å²) in [5, 5.41) is 0. The number of Topliss-reactive ketones (excluding diaryl/α,β-unsaturated/α-hetero) is 1. The Balaban J connectivity index is 1.63. The summed E-state index contributed by atoms with van der Waals surface area (Å²) in [6.07, 6.45) is 1.64. The number of hydrogen-bond donors (Lipinski definition) is 0. The number of ketones is 1. The van der Waals surface area contributed by atoms with Gasteiger partial charge in [0, 0.05) is 18.7 Å². The number of morpholine rings is 1.